The fraction of sp³-hybridized carbons (Fsp3) is 0.875. The standard InChI is InChI=1S/C24H40N2O3/c1-23-9-7-18(26-29-12-4-11-25-3)14-17(23)13-16(15-27)22-19-5-6-21(28)24(19,2)10-8-20(22)23/h14,16-17,19-20,22,25-27H,4-13,15H2,1-3H3/t16?,17?,19-,20+,22-,23-,24-/m0/s1. The maximum absolute atomic E-state index is 12.7. The Labute approximate surface area is 176 Å². The van der Waals surface area contributed by atoms with Gasteiger partial charge >= 0.3 is 0 Å². The highest BCUT2D eigenvalue weighted by molar-refractivity contribution is 5.87. The Morgan fingerprint density at radius 1 is 1.21 bits per heavy atom. The minimum atomic E-state index is -0.129. The van der Waals surface area contributed by atoms with Gasteiger partial charge in [0.2, 0.25) is 0 Å². The highest BCUT2D eigenvalue weighted by Gasteiger charge is 2.61. The number of allylic oxidation sites excluding steroid dienone is 2. The van der Waals surface area contributed by atoms with Gasteiger partial charge in [0.25, 0.3) is 0 Å². The molecule has 0 bridgehead atoms. The predicted octanol–water partition coefficient (Wildman–Crippen LogP) is 3.44. The summed E-state index contributed by atoms with van der Waals surface area (Å²) in [7, 11) is 1.96. The van der Waals surface area contributed by atoms with Gasteiger partial charge < -0.3 is 10.4 Å². The second-order valence-corrected chi connectivity index (χ2v) is 10.6. The number of carbonyl (C=O) groups excluding carboxylic acids is 1. The van der Waals surface area contributed by atoms with E-state index in [1.165, 1.54) is 12.1 Å². The van der Waals surface area contributed by atoms with E-state index in [4.69, 9.17) is 4.84 Å². The second kappa shape index (κ2) is 8.32. The van der Waals surface area contributed by atoms with Gasteiger partial charge in [-0.1, -0.05) is 19.9 Å². The summed E-state index contributed by atoms with van der Waals surface area (Å²) >= 11 is 0. The normalized spacial score (nSPS) is 43.9. The molecule has 4 aliphatic rings. The van der Waals surface area contributed by atoms with Gasteiger partial charge in [0, 0.05) is 24.1 Å². The molecule has 0 aromatic heterocycles. The lowest BCUT2D eigenvalue weighted by Crippen LogP contribution is -2.56. The van der Waals surface area contributed by atoms with Crippen molar-refractivity contribution in [2.75, 3.05) is 26.8 Å². The topological polar surface area (TPSA) is 70.6 Å². The molecule has 3 saturated carbocycles. The van der Waals surface area contributed by atoms with E-state index in [9.17, 15) is 9.90 Å². The van der Waals surface area contributed by atoms with E-state index in [0.717, 1.165) is 51.5 Å². The molecule has 4 rings (SSSR count). The van der Waals surface area contributed by atoms with Crippen molar-refractivity contribution < 1.29 is 14.7 Å². The van der Waals surface area contributed by atoms with Crippen molar-refractivity contribution in [1.82, 2.24) is 10.8 Å². The summed E-state index contributed by atoms with van der Waals surface area (Å²) in [5, 5.41) is 13.5. The van der Waals surface area contributed by atoms with E-state index in [1.54, 1.807) is 0 Å². The Bertz CT molecular complexity index is 650. The number of hydrogen-bond acceptors (Lipinski definition) is 5. The molecular weight excluding hydrogens is 364 g/mol. The van der Waals surface area contributed by atoms with Crippen molar-refractivity contribution in [2.45, 2.75) is 65.2 Å². The van der Waals surface area contributed by atoms with Crippen LogP contribution in [-0.2, 0) is 9.63 Å². The smallest absolute Gasteiger partial charge is 0.139 e. The third-order valence-electron chi connectivity index (χ3n) is 9.28. The first-order valence-electron chi connectivity index (χ1n) is 11.8. The first-order chi connectivity index (χ1) is 13.9. The molecule has 0 radical (unpaired) electrons. The van der Waals surface area contributed by atoms with Crippen LogP contribution in [0.15, 0.2) is 11.8 Å². The van der Waals surface area contributed by atoms with E-state index in [2.05, 4.69) is 30.7 Å². The molecule has 2 unspecified atom stereocenters. The Morgan fingerprint density at radius 3 is 2.79 bits per heavy atom. The zero-order valence-corrected chi connectivity index (χ0v) is 18.5. The predicted molar refractivity (Wildman–Crippen MR) is 114 cm³/mol. The van der Waals surface area contributed by atoms with Crippen LogP contribution in [-0.4, -0.2) is 37.7 Å². The van der Waals surface area contributed by atoms with Crippen molar-refractivity contribution in [3.05, 3.63) is 11.8 Å². The summed E-state index contributed by atoms with van der Waals surface area (Å²) in [6.45, 7) is 6.64. The van der Waals surface area contributed by atoms with Crippen molar-refractivity contribution in [3.8, 4) is 0 Å². The van der Waals surface area contributed by atoms with Gasteiger partial charge in [0.05, 0.1) is 6.61 Å². The van der Waals surface area contributed by atoms with Crippen LogP contribution in [0.3, 0.4) is 0 Å². The van der Waals surface area contributed by atoms with Crippen molar-refractivity contribution in [2.24, 2.45) is 40.4 Å². The molecule has 0 saturated heterocycles. The van der Waals surface area contributed by atoms with E-state index in [0.29, 0.717) is 42.0 Å². The molecule has 3 N–H and O–H groups in total. The van der Waals surface area contributed by atoms with Gasteiger partial charge in [-0.15, -0.1) is 0 Å². The third-order valence-corrected chi connectivity index (χ3v) is 9.28. The lowest BCUT2D eigenvalue weighted by atomic mass is 9.44. The van der Waals surface area contributed by atoms with E-state index >= 15 is 0 Å². The van der Waals surface area contributed by atoms with Gasteiger partial charge in [-0.05, 0) is 93.5 Å². The molecule has 0 amide bonds. The molecule has 164 valence electrons. The zero-order chi connectivity index (χ0) is 20.6. The number of hydrogen-bond donors (Lipinski definition) is 3. The molecule has 7 atom stereocenters. The summed E-state index contributed by atoms with van der Waals surface area (Å²) < 4.78 is 0. The Balaban J connectivity index is 1.50. The molecule has 29 heavy (non-hydrogen) atoms. The monoisotopic (exact) mass is 404 g/mol. The van der Waals surface area contributed by atoms with Crippen LogP contribution in [0.5, 0.6) is 0 Å². The minimum Gasteiger partial charge on any atom is -0.396 e. The summed E-state index contributed by atoms with van der Waals surface area (Å²) in [6.07, 6.45) is 10.6. The fourth-order valence-corrected chi connectivity index (χ4v) is 7.53. The Morgan fingerprint density at radius 2 is 2.03 bits per heavy atom. The summed E-state index contributed by atoms with van der Waals surface area (Å²) in [5.74, 6) is 2.89. The van der Waals surface area contributed by atoms with Gasteiger partial charge in [-0.25, -0.2) is 0 Å². The fourth-order valence-electron chi connectivity index (χ4n) is 7.53. The maximum atomic E-state index is 12.7. The molecule has 5 nitrogen and oxygen atoms in total. The van der Waals surface area contributed by atoms with Crippen molar-refractivity contribution in [3.63, 3.8) is 0 Å². The molecule has 0 spiro atoms. The Hall–Kier alpha value is -0.910. The largest absolute Gasteiger partial charge is 0.396 e. The number of ketones is 1. The molecule has 0 aliphatic heterocycles. The summed E-state index contributed by atoms with van der Waals surface area (Å²) in [6, 6.07) is 0. The second-order valence-electron chi connectivity index (χ2n) is 10.6. The van der Waals surface area contributed by atoms with Crippen LogP contribution in [0.25, 0.3) is 0 Å². The minimum absolute atomic E-state index is 0.129. The number of aliphatic hydroxyl groups is 1. The quantitative estimate of drug-likeness (QED) is 0.448. The van der Waals surface area contributed by atoms with Crippen molar-refractivity contribution in [1.29, 1.82) is 0 Å². The lowest BCUT2D eigenvalue weighted by molar-refractivity contribution is -0.145. The molecule has 0 aromatic rings. The number of fused-ring (bicyclic) bond motifs is 5. The third kappa shape index (κ3) is 3.57. The number of nitrogens with one attached hydrogen (secondary N) is 2. The molecule has 0 aromatic carbocycles. The number of carbonyl (C=O) groups is 1. The average Bonchev–Trinajstić information content (AvgIpc) is 3.02. The van der Waals surface area contributed by atoms with E-state index < -0.39 is 0 Å². The number of rotatable bonds is 7. The van der Waals surface area contributed by atoms with E-state index in [1.807, 2.05) is 7.05 Å². The van der Waals surface area contributed by atoms with Gasteiger partial charge in [-0.2, -0.15) is 0 Å². The first-order valence-corrected chi connectivity index (χ1v) is 11.8. The van der Waals surface area contributed by atoms with Gasteiger partial charge in [0.15, 0.2) is 0 Å². The molecule has 5 heteroatoms. The van der Waals surface area contributed by atoms with Gasteiger partial charge in [-0.3, -0.25) is 15.1 Å². The summed E-state index contributed by atoms with van der Waals surface area (Å²) in [5.41, 5.74) is 4.57. The van der Waals surface area contributed by atoms with Gasteiger partial charge in [0.1, 0.15) is 5.78 Å². The Kier molecular flexibility index (Phi) is 6.12. The molecular formula is C24H40N2O3. The van der Waals surface area contributed by atoms with Crippen LogP contribution in [0.2, 0.25) is 0 Å². The number of aliphatic hydroxyl groups excluding tert-OH is 1. The van der Waals surface area contributed by atoms with Crippen LogP contribution in [0.4, 0.5) is 0 Å². The maximum Gasteiger partial charge on any atom is 0.139 e. The highest BCUT2D eigenvalue weighted by Crippen LogP contribution is 2.66. The molecule has 4 aliphatic carbocycles. The highest BCUT2D eigenvalue weighted by atomic mass is 16.6. The number of hydroxylamine groups is 1. The lowest BCUT2D eigenvalue weighted by Gasteiger charge is -2.61. The van der Waals surface area contributed by atoms with Crippen molar-refractivity contribution >= 4 is 5.78 Å². The first kappa shape index (κ1) is 21.3. The van der Waals surface area contributed by atoms with E-state index in [-0.39, 0.29) is 17.4 Å². The van der Waals surface area contributed by atoms with Crippen LogP contribution < -0.4 is 10.8 Å². The van der Waals surface area contributed by atoms with Crippen LogP contribution in [0, 0.1) is 40.4 Å². The molecule has 3 fully saturated rings. The molecule has 0 heterocycles. The number of Topliss-reactive ketones (excluding diaryl/α,β-unsaturated/α-hetero) is 1. The summed E-state index contributed by atoms with van der Waals surface area (Å²) in [4.78, 5) is 18.4. The van der Waals surface area contributed by atoms with Crippen LogP contribution in [0.1, 0.15) is 65.2 Å². The SMILES string of the molecule is CNCCCONC1=CC2CC(CO)[C@@H]3[C@@H](CC[C@]4(C)C(=O)CC[C@@H]34)[C@@]2(C)CC1. The zero-order valence-electron chi connectivity index (χ0n) is 18.5. The average molecular weight is 405 g/mol. The van der Waals surface area contributed by atoms with Crippen LogP contribution >= 0.6 is 0 Å².